The van der Waals surface area contributed by atoms with E-state index in [1.165, 1.54) is 17.7 Å². The number of hydrogen-bond donors (Lipinski definition) is 1. The van der Waals surface area contributed by atoms with E-state index in [9.17, 15) is 8.78 Å². The summed E-state index contributed by atoms with van der Waals surface area (Å²) in [7, 11) is 3.70. The molecule has 0 aliphatic carbocycles. The Balaban J connectivity index is 0.00000280. The molecule has 28 heavy (non-hydrogen) atoms. The van der Waals surface area contributed by atoms with Crippen molar-refractivity contribution < 1.29 is 8.78 Å². The smallest absolute Gasteiger partial charge is 0.193 e. The summed E-state index contributed by atoms with van der Waals surface area (Å²) < 4.78 is 28.9. The molecule has 0 radical (unpaired) electrons. The Morgan fingerprint density at radius 3 is 2.82 bits per heavy atom. The molecule has 2 atom stereocenters. The van der Waals surface area contributed by atoms with E-state index in [2.05, 4.69) is 26.5 Å². The predicted molar refractivity (Wildman–Crippen MR) is 118 cm³/mol. The first-order valence-corrected chi connectivity index (χ1v) is 9.34. The van der Waals surface area contributed by atoms with Gasteiger partial charge in [0.05, 0.1) is 6.20 Å². The molecule has 1 aliphatic heterocycles. The van der Waals surface area contributed by atoms with Crippen molar-refractivity contribution in [3.63, 3.8) is 0 Å². The van der Waals surface area contributed by atoms with E-state index in [0.29, 0.717) is 18.0 Å². The number of aryl methyl sites for hydroxylation is 1. The lowest BCUT2D eigenvalue weighted by Gasteiger charge is -2.23. The van der Waals surface area contributed by atoms with Crippen molar-refractivity contribution in [2.75, 3.05) is 26.7 Å². The first kappa shape index (κ1) is 22.6. The average molecular weight is 503 g/mol. The van der Waals surface area contributed by atoms with E-state index in [-0.39, 0.29) is 29.9 Å². The van der Waals surface area contributed by atoms with Crippen LogP contribution in [0.3, 0.4) is 0 Å². The van der Waals surface area contributed by atoms with Crippen LogP contribution in [0.15, 0.2) is 35.6 Å². The first-order valence-electron chi connectivity index (χ1n) is 9.34. The van der Waals surface area contributed by atoms with Crippen LogP contribution in [0, 0.1) is 17.6 Å². The molecule has 2 aromatic rings. The highest BCUT2D eigenvalue weighted by atomic mass is 127. The number of benzene rings is 1. The van der Waals surface area contributed by atoms with Crippen LogP contribution < -0.4 is 5.32 Å². The van der Waals surface area contributed by atoms with Gasteiger partial charge in [0.25, 0.3) is 0 Å². The quantitative estimate of drug-likeness (QED) is 0.386. The van der Waals surface area contributed by atoms with Crippen molar-refractivity contribution in [3.05, 3.63) is 53.4 Å². The van der Waals surface area contributed by atoms with Gasteiger partial charge in [0.1, 0.15) is 11.6 Å². The zero-order chi connectivity index (χ0) is 19.4. The lowest BCUT2D eigenvalue weighted by Crippen LogP contribution is -2.41. The van der Waals surface area contributed by atoms with Crippen LogP contribution in [0.5, 0.6) is 0 Å². The van der Waals surface area contributed by atoms with Gasteiger partial charge in [0, 0.05) is 51.9 Å². The summed E-state index contributed by atoms with van der Waals surface area (Å²) in [5.41, 5.74) is 1.77. The molecular formula is C20H28F2IN5. The third kappa shape index (κ3) is 5.65. The van der Waals surface area contributed by atoms with Crippen LogP contribution in [0.1, 0.15) is 30.4 Å². The van der Waals surface area contributed by atoms with Crippen LogP contribution in [0.2, 0.25) is 0 Å². The number of likely N-dealkylation sites (tertiary alicyclic amines) is 1. The minimum Gasteiger partial charge on any atom is -0.356 e. The molecule has 1 aromatic heterocycles. The standard InChI is InChI=1S/C20H27F2N5.HI/c1-14(18-5-4-17(21)9-19(18)22)10-24-20(23-2)27-7-6-15(13-27)8-16-11-25-26(3)12-16;/h4-5,9,11-12,14-15H,6-8,10,13H2,1-3H3,(H,23,24);1H. The van der Waals surface area contributed by atoms with Crippen molar-refractivity contribution in [3.8, 4) is 0 Å². The summed E-state index contributed by atoms with van der Waals surface area (Å²) in [5.74, 6) is 0.259. The van der Waals surface area contributed by atoms with Gasteiger partial charge in [0.2, 0.25) is 0 Å². The van der Waals surface area contributed by atoms with Crippen molar-refractivity contribution >= 4 is 29.9 Å². The van der Waals surface area contributed by atoms with Gasteiger partial charge < -0.3 is 10.2 Å². The van der Waals surface area contributed by atoms with Gasteiger partial charge in [-0.05, 0) is 36.0 Å². The maximum atomic E-state index is 14.0. The Hall–Kier alpha value is -1.71. The number of aromatic nitrogens is 2. The fourth-order valence-electron chi connectivity index (χ4n) is 3.69. The summed E-state index contributed by atoms with van der Waals surface area (Å²) in [6.45, 7) is 4.35. The zero-order valence-corrected chi connectivity index (χ0v) is 18.9. The molecule has 0 spiro atoms. The summed E-state index contributed by atoms with van der Waals surface area (Å²) >= 11 is 0. The third-order valence-electron chi connectivity index (χ3n) is 5.14. The molecule has 0 saturated carbocycles. The average Bonchev–Trinajstić information content (AvgIpc) is 3.25. The van der Waals surface area contributed by atoms with Crippen LogP contribution in [0.4, 0.5) is 8.78 Å². The van der Waals surface area contributed by atoms with E-state index in [1.807, 2.05) is 24.9 Å². The van der Waals surface area contributed by atoms with Crippen molar-refractivity contribution in [1.29, 1.82) is 0 Å². The Morgan fingerprint density at radius 2 is 2.18 bits per heavy atom. The van der Waals surface area contributed by atoms with Crippen LogP contribution in [-0.2, 0) is 13.5 Å². The van der Waals surface area contributed by atoms with Gasteiger partial charge in [-0.15, -0.1) is 24.0 Å². The molecule has 2 unspecified atom stereocenters. The number of nitrogens with zero attached hydrogens (tertiary/aromatic N) is 4. The van der Waals surface area contributed by atoms with Crippen molar-refractivity contribution in [2.45, 2.75) is 25.7 Å². The van der Waals surface area contributed by atoms with Crippen LogP contribution in [-0.4, -0.2) is 47.3 Å². The number of guanidine groups is 1. The minimum absolute atomic E-state index is 0. The van der Waals surface area contributed by atoms with Crippen molar-refractivity contribution in [1.82, 2.24) is 20.0 Å². The molecule has 154 valence electrons. The summed E-state index contributed by atoms with van der Waals surface area (Å²) in [6.07, 6.45) is 6.11. The number of hydrogen-bond acceptors (Lipinski definition) is 2. The highest BCUT2D eigenvalue weighted by Crippen LogP contribution is 2.22. The normalized spacial score (nSPS) is 18.1. The lowest BCUT2D eigenvalue weighted by molar-refractivity contribution is 0.456. The number of nitrogens with one attached hydrogen (secondary N) is 1. The predicted octanol–water partition coefficient (Wildman–Crippen LogP) is 3.56. The van der Waals surface area contributed by atoms with E-state index < -0.39 is 11.6 Å². The largest absolute Gasteiger partial charge is 0.356 e. The zero-order valence-electron chi connectivity index (χ0n) is 16.5. The number of halogens is 3. The van der Waals surface area contributed by atoms with E-state index in [4.69, 9.17) is 0 Å². The highest BCUT2D eigenvalue weighted by Gasteiger charge is 2.25. The molecule has 0 amide bonds. The van der Waals surface area contributed by atoms with Crippen LogP contribution in [0.25, 0.3) is 0 Å². The number of aliphatic imine (C=N–C) groups is 1. The SMILES string of the molecule is CN=C(NCC(C)c1ccc(F)cc1F)N1CCC(Cc2cnn(C)c2)C1.I. The maximum absolute atomic E-state index is 14.0. The van der Waals surface area contributed by atoms with Crippen molar-refractivity contribution in [2.24, 2.45) is 18.0 Å². The Morgan fingerprint density at radius 1 is 1.39 bits per heavy atom. The summed E-state index contributed by atoms with van der Waals surface area (Å²) in [6, 6.07) is 3.75. The molecule has 1 fully saturated rings. The Labute approximate surface area is 182 Å². The topological polar surface area (TPSA) is 45.5 Å². The molecule has 5 nitrogen and oxygen atoms in total. The van der Waals surface area contributed by atoms with Gasteiger partial charge in [-0.25, -0.2) is 8.78 Å². The third-order valence-corrected chi connectivity index (χ3v) is 5.14. The second kappa shape index (κ2) is 10.2. The molecule has 1 saturated heterocycles. The minimum atomic E-state index is -0.552. The molecule has 2 heterocycles. The Bertz CT molecular complexity index is 808. The monoisotopic (exact) mass is 503 g/mol. The van der Waals surface area contributed by atoms with E-state index in [1.54, 1.807) is 7.05 Å². The van der Waals surface area contributed by atoms with E-state index >= 15 is 0 Å². The molecule has 1 aliphatic rings. The molecule has 8 heteroatoms. The molecule has 0 bridgehead atoms. The second-order valence-corrected chi connectivity index (χ2v) is 7.32. The van der Waals surface area contributed by atoms with Crippen LogP contribution >= 0.6 is 24.0 Å². The molecular weight excluding hydrogens is 475 g/mol. The number of rotatable bonds is 5. The van der Waals surface area contributed by atoms with Gasteiger partial charge in [-0.1, -0.05) is 13.0 Å². The molecule has 1 aromatic carbocycles. The fourth-order valence-corrected chi connectivity index (χ4v) is 3.69. The second-order valence-electron chi connectivity index (χ2n) is 7.32. The summed E-state index contributed by atoms with van der Waals surface area (Å²) in [5, 5.41) is 7.57. The first-order chi connectivity index (χ1) is 13.0. The fraction of sp³-hybridized carbons (Fsp3) is 0.500. The lowest BCUT2D eigenvalue weighted by atomic mass is 10.0. The highest BCUT2D eigenvalue weighted by molar-refractivity contribution is 14.0. The summed E-state index contributed by atoms with van der Waals surface area (Å²) in [4.78, 5) is 6.62. The molecule has 1 N–H and O–H groups in total. The van der Waals surface area contributed by atoms with Gasteiger partial charge in [-0.3, -0.25) is 9.67 Å². The molecule has 3 rings (SSSR count). The Kier molecular flexibility index (Phi) is 8.21. The van der Waals surface area contributed by atoms with E-state index in [0.717, 1.165) is 38.0 Å². The maximum Gasteiger partial charge on any atom is 0.193 e. The van der Waals surface area contributed by atoms with Gasteiger partial charge in [0.15, 0.2) is 5.96 Å². The van der Waals surface area contributed by atoms with Gasteiger partial charge in [-0.2, -0.15) is 5.10 Å². The van der Waals surface area contributed by atoms with Gasteiger partial charge >= 0.3 is 0 Å².